The summed E-state index contributed by atoms with van der Waals surface area (Å²) in [6, 6.07) is 14.4. The molecule has 2 saturated heterocycles. The molecule has 4 nitrogen and oxygen atoms in total. The molecule has 2 aromatic carbocycles. The molecule has 2 aromatic rings. The van der Waals surface area contributed by atoms with Crippen LogP contribution < -0.4 is 9.80 Å². The van der Waals surface area contributed by atoms with Gasteiger partial charge < -0.3 is 9.80 Å². The van der Waals surface area contributed by atoms with Crippen LogP contribution in [-0.4, -0.2) is 40.7 Å². The zero-order valence-electron chi connectivity index (χ0n) is 17.0. The smallest absolute Gasteiger partial charge is 0.190 e. The minimum atomic E-state index is -0.291. The normalized spacial score (nSPS) is 19.1. The third kappa shape index (κ3) is 3.24. The molecular formula is C23H24N4S2. The van der Waals surface area contributed by atoms with Crippen molar-refractivity contribution < 1.29 is 0 Å². The average Bonchev–Trinajstić information content (AvgIpc) is 2.91. The van der Waals surface area contributed by atoms with Crippen molar-refractivity contribution in [1.82, 2.24) is 4.90 Å². The zero-order valence-corrected chi connectivity index (χ0v) is 18.6. The van der Waals surface area contributed by atoms with Crippen molar-refractivity contribution in [3.63, 3.8) is 0 Å². The highest BCUT2D eigenvalue weighted by Crippen LogP contribution is 2.43. The number of rotatable bonds is 2. The Kier molecular flexibility index (Phi) is 5.16. The number of anilines is 2. The van der Waals surface area contributed by atoms with Gasteiger partial charge in [-0.3, -0.25) is 4.90 Å². The summed E-state index contributed by atoms with van der Waals surface area (Å²) in [5.74, 6) is 0. The molecule has 148 valence electrons. The highest BCUT2D eigenvalue weighted by Gasteiger charge is 2.54. The van der Waals surface area contributed by atoms with Crippen LogP contribution in [0.15, 0.2) is 42.5 Å². The van der Waals surface area contributed by atoms with Gasteiger partial charge in [0.25, 0.3) is 0 Å². The van der Waals surface area contributed by atoms with Gasteiger partial charge in [0, 0.05) is 24.5 Å². The van der Waals surface area contributed by atoms with Crippen molar-refractivity contribution in [3.05, 3.63) is 65.0 Å². The van der Waals surface area contributed by atoms with E-state index in [1.165, 1.54) is 5.56 Å². The number of aryl methyl sites for hydroxylation is 2. The topological polar surface area (TPSA) is 14.1 Å². The molecule has 2 heterocycles. The first-order chi connectivity index (χ1) is 13.9. The lowest BCUT2D eigenvalue weighted by Crippen LogP contribution is -2.55. The fourth-order valence-corrected chi connectivity index (χ4v) is 5.30. The summed E-state index contributed by atoms with van der Waals surface area (Å²) in [6.45, 7) is 13.3. The van der Waals surface area contributed by atoms with Crippen LogP contribution in [0.2, 0.25) is 0 Å². The van der Waals surface area contributed by atoms with Crippen molar-refractivity contribution in [2.45, 2.75) is 32.2 Å². The fraction of sp³-hybridized carbons (Fsp3) is 0.348. The van der Waals surface area contributed by atoms with E-state index in [1.54, 1.807) is 0 Å². The number of benzene rings is 2. The van der Waals surface area contributed by atoms with E-state index in [0.29, 0.717) is 5.69 Å². The predicted octanol–water partition coefficient (Wildman–Crippen LogP) is 5.26. The minimum absolute atomic E-state index is 0.291. The number of nitrogens with zero attached hydrogens (tertiary/aromatic N) is 4. The van der Waals surface area contributed by atoms with Gasteiger partial charge >= 0.3 is 0 Å². The Morgan fingerprint density at radius 2 is 1.59 bits per heavy atom. The van der Waals surface area contributed by atoms with E-state index in [2.05, 4.69) is 52.9 Å². The van der Waals surface area contributed by atoms with Gasteiger partial charge in [-0.2, -0.15) is 0 Å². The lowest BCUT2D eigenvalue weighted by atomic mass is 9.86. The standard InChI is InChI=1S/C23H24N4S2/c1-16-5-7-18(8-6-16)27-22(29)26(19-9-10-20(24-3)17(2)15-19)21(28)23(27)11-13-25(4)14-12-23/h5-10,15H,11-14H2,1-2,4H3. The Bertz CT molecular complexity index is 1010. The summed E-state index contributed by atoms with van der Waals surface area (Å²) in [5, 5.41) is 0.721. The first-order valence-electron chi connectivity index (χ1n) is 9.79. The predicted molar refractivity (Wildman–Crippen MR) is 128 cm³/mol. The number of hydrogen-bond donors (Lipinski definition) is 0. The molecule has 2 aliphatic heterocycles. The van der Waals surface area contributed by atoms with Gasteiger partial charge in [-0.05, 0) is 75.8 Å². The van der Waals surface area contributed by atoms with Crippen LogP contribution >= 0.6 is 24.4 Å². The van der Waals surface area contributed by atoms with E-state index in [1.807, 2.05) is 30.0 Å². The first-order valence-corrected chi connectivity index (χ1v) is 10.6. The van der Waals surface area contributed by atoms with Gasteiger partial charge in [-0.15, -0.1) is 0 Å². The number of piperidine rings is 1. The third-order valence-corrected chi connectivity index (χ3v) is 7.00. The molecule has 0 atom stereocenters. The zero-order chi connectivity index (χ0) is 20.8. The van der Waals surface area contributed by atoms with E-state index in [0.717, 1.165) is 53.0 Å². The van der Waals surface area contributed by atoms with Gasteiger partial charge in [0.05, 0.1) is 6.57 Å². The minimum Gasteiger partial charge on any atom is -0.306 e. The molecule has 0 unspecified atom stereocenters. The number of likely N-dealkylation sites (tertiary alicyclic amines) is 1. The van der Waals surface area contributed by atoms with Crippen LogP contribution in [0.4, 0.5) is 17.1 Å². The Morgan fingerprint density at radius 1 is 0.966 bits per heavy atom. The summed E-state index contributed by atoms with van der Waals surface area (Å²) in [4.78, 5) is 11.1. The quantitative estimate of drug-likeness (QED) is 0.485. The second kappa shape index (κ2) is 7.49. The second-order valence-electron chi connectivity index (χ2n) is 8.01. The van der Waals surface area contributed by atoms with E-state index >= 15 is 0 Å². The van der Waals surface area contributed by atoms with Crippen LogP contribution in [0.5, 0.6) is 0 Å². The molecule has 0 aliphatic carbocycles. The van der Waals surface area contributed by atoms with Crippen molar-refractivity contribution in [2.75, 3.05) is 29.9 Å². The summed E-state index contributed by atoms with van der Waals surface area (Å²) in [5.41, 5.74) is 4.56. The molecule has 0 radical (unpaired) electrons. The van der Waals surface area contributed by atoms with Gasteiger partial charge in [0.2, 0.25) is 0 Å². The summed E-state index contributed by atoms with van der Waals surface area (Å²) >= 11 is 12.1. The van der Waals surface area contributed by atoms with Gasteiger partial charge in [-0.25, -0.2) is 4.85 Å². The number of thiocarbonyl (C=S) groups is 2. The molecule has 2 aliphatic rings. The van der Waals surface area contributed by atoms with Crippen LogP contribution in [0, 0.1) is 20.4 Å². The van der Waals surface area contributed by atoms with E-state index in [9.17, 15) is 0 Å². The molecule has 2 fully saturated rings. The largest absolute Gasteiger partial charge is 0.306 e. The molecular weight excluding hydrogens is 396 g/mol. The monoisotopic (exact) mass is 420 g/mol. The molecule has 0 N–H and O–H groups in total. The highest BCUT2D eigenvalue weighted by atomic mass is 32.1. The molecule has 6 heteroatoms. The maximum atomic E-state index is 7.33. The molecule has 0 amide bonds. The molecule has 29 heavy (non-hydrogen) atoms. The van der Waals surface area contributed by atoms with E-state index < -0.39 is 0 Å². The lowest BCUT2D eigenvalue weighted by Gasteiger charge is -2.43. The molecule has 0 saturated carbocycles. The molecule has 4 rings (SSSR count). The molecule has 0 bridgehead atoms. The summed E-state index contributed by atoms with van der Waals surface area (Å²) in [7, 11) is 2.16. The molecule has 0 aromatic heterocycles. The average molecular weight is 421 g/mol. The van der Waals surface area contributed by atoms with Crippen LogP contribution in [0.3, 0.4) is 0 Å². The van der Waals surface area contributed by atoms with Crippen LogP contribution in [0.25, 0.3) is 4.85 Å². The second-order valence-corrected chi connectivity index (χ2v) is 8.76. The van der Waals surface area contributed by atoms with E-state index in [4.69, 9.17) is 31.0 Å². The SMILES string of the molecule is [C-]#[N+]c1ccc(N2C(=S)N(c3ccc(C)cc3)C3(CCN(C)CC3)C2=S)cc1C. The highest BCUT2D eigenvalue weighted by molar-refractivity contribution is 7.83. The van der Waals surface area contributed by atoms with Crippen LogP contribution in [0.1, 0.15) is 24.0 Å². The Balaban J connectivity index is 1.82. The van der Waals surface area contributed by atoms with Crippen molar-refractivity contribution >= 4 is 51.6 Å². The van der Waals surface area contributed by atoms with E-state index in [-0.39, 0.29) is 5.54 Å². The first kappa shape index (κ1) is 20.0. The Morgan fingerprint density at radius 3 is 2.17 bits per heavy atom. The van der Waals surface area contributed by atoms with Gasteiger partial charge in [0.15, 0.2) is 10.8 Å². The van der Waals surface area contributed by atoms with Gasteiger partial charge in [0.1, 0.15) is 10.5 Å². The Hall–Kier alpha value is -2.33. The number of hydrogen-bond acceptors (Lipinski definition) is 3. The third-order valence-electron chi connectivity index (χ3n) is 6.08. The lowest BCUT2D eigenvalue weighted by molar-refractivity contribution is 0.235. The summed E-state index contributed by atoms with van der Waals surface area (Å²) in [6.07, 6.45) is 1.87. The fourth-order valence-electron chi connectivity index (χ4n) is 4.28. The summed E-state index contributed by atoms with van der Waals surface area (Å²) < 4.78 is 0. The van der Waals surface area contributed by atoms with Gasteiger partial charge in [-0.1, -0.05) is 36.0 Å². The van der Waals surface area contributed by atoms with Crippen molar-refractivity contribution in [3.8, 4) is 0 Å². The maximum absolute atomic E-state index is 7.33. The maximum Gasteiger partial charge on any atom is 0.190 e. The Labute approximate surface area is 183 Å². The van der Waals surface area contributed by atoms with Crippen molar-refractivity contribution in [1.29, 1.82) is 0 Å². The molecule has 1 spiro atoms. The van der Waals surface area contributed by atoms with Crippen molar-refractivity contribution in [2.24, 2.45) is 0 Å². The van der Waals surface area contributed by atoms with Crippen LogP contribution in [-0.2, 0) is 0 Å².